The van der Waals surface area contributed by atoms with Gasteiger partial charge in [-0.1, -0.05) is 0 Å². The third kappa shape index (κ3) is 10.8. The van der Waals surface area contributed by atoms with Crippen LogP contribution in [0.4, 0.5) is 0 Å². The van der Waals surface area contributed by atoms with Crippen LogP contribution in [0.3, 0.4) is 0 Å². The lowest BCUT2D eigenvalue weighted by Gasteiger charge is -1.82. The molecule has 0 aromatic rings. The zero-order chi connectivity index (χ0) is 7.98. The van der Waals surface area contributed by atoms with Gasteiger partial charge in [0, 0.05) is 13.2 Å². The van der Waals surface area contributed by atoms with Crippen LogP contribution in [0, 0.1) is 0 Å². The molecule has 3 nitrogen and oxygen atoms in total. The molecule has 0 aromatic heterocycles. The van der Waals surface area contributed by atoms with E-state index in [1.165, 1.54) is 20.0 Å². The van der Waals surface area contributed by atoms with Crippen LogP contribution in [-0.2, 0) is 9.53 Å². The van der Waals surface area contributed by atoms with Crippen LogP contribution in [0.1, 0.15) is 12.8 Å². The minimum atomic E-state index is -0.461. The monoisotopic (exact) mass is 165 g/mol. The van der Waals surface area contributed by atoms with Crippen molar-refractivity contribution < 1.29 is 9.53 Å². The maximum Gasteiger partial charge on any atom is 0.247 e. The molecule has 0 radical (unpaired) electrons. The Morgan fingerprint density at radius 3 is 2.20 bits per heavy atom. The number of methoxy groups -OCH3 is 1. The van der Waals surface area contributed by atoms with Crippen LogP contribution in [0.15, 0.2) is 0 Å². The maximum absolute atomic E-state index is 9.68. The van der Waals surface area contributed by atoms with Gasteiger partial charge in [-0.2, -0.15) is 0 Å². The van der Waals surface area contributed by atoms with Gasteiger partial charge in [0.2, 0.25) is 5.24 Å². The first-order valence-corrected chi connectivity index (χ1v) is 3.47. The quantitative estimate of drug-likeness (QED) is 0.607. The SMILES string of the molecule is COCC(=O)Cl.NC1CC1. The standard InChI is InChI=1S/C3H5ClO2.C3H7N/c1-6-2-3(4)5;4-3-1-2-3/h2H2,1H3;3H,1-2,4H2. The van der Waals surface area contributed by atoms with E-state index in [-0.39, 0.29) is 6.61 Å². The fourth-order valence-electron chi connectivity index (χ4n) is 0.210. The Morgan fingerprint density at radius 1 is 1.80 bits per heavy atom. The zero-order valence-corrected chi connectivity index (χ0v) is 6.73. The molecule has 60 valence electrons. The van der Waals surface area contributed by atoms with E-state index in [0.29, 0.717) is 6.04 Å². The maximum atomic E-state index is 9.68. The molecule has 0 aliphatic heterocycles. The molecular weight excluding hydrogens is 154 g/mol. The minimum absolute atomic E-state index is 0.00154. The third-order valence-electron chi connectivity index (χ3n) is 0.880. The van der Waals surface area contributed by atoms with E-state index < -0.39 is 5.24 Å². The molecule has 0 aromatic carbocycles. The Labute approximate surface area is 65.5 Å². The number of hydrogen-bond acceptors (Lipinski definition) is 3. The first kappa shape index (κ1) is 9.88. The summed E-state index contributed by atoms with van der Waals surface area (Å²) in [6.45, 7) is 0.00154. The van der Waals surface area contributed by atoms with Gasteiger partial charge in [-0.3, -0.25) is 4.79 Å². The van der Waals surface area contributed by atoms with Crippen LogP contribution in [0.2, 0.25) is 0 Å². The van der Waals surface area contributed by atoms with Crippen molar-refractivity contribution >= 4 is 16.8 Å². The van der Waals surface area contributed by atoms with Crippen molar-refractivity contribution in [3.05, 3.63) is 0 Å². The van der Waals surface area contributed by atoms with Gasteiger partial charge in [-0.15, -0.1) is 0 Å². The number of rotatable bonds is 2. The van der Waals surface area contributed by atoms with Gasteiger partial charge in [-0.05, 0) is 24.4 Å². The smallest absolute Gasteiger partial charge is 0.247 e. The number of halogens is 1. The summed E-state index contributed by atoms with van der Waals surface area (Å²) in [6, 6.07) is 0.583. The number of nitrogens with two attached hydrogens (primary N) is 1. The summed E-state index contributed by atoms with van der Waals surface area (Å²) in [5, 5.41) is -0.461. The minimum Gasteiger partial charge on any atom is -0.376 e. The molecule has 4 heteroatoms. The van der Waals surface area contributed by atoms with Gasteiger partial charge in [-0.25, -0.2) is 0 Å². The summed E-state index contributed by atoms with van der Waals surface area (Å²) in [7, 11) is 1.42. The predicted octanol–water partition coefficient (Wildman–Crippen LogP) is 0.506. The number of ether oxygens (including phenoxy) is 1. The fraction of sp³-hybridized carbons (Fsp3) is 0.833. The fourth-order valence-corrected chi connectivity index (χ4v) is 0.319. The first-order chi connectivity index (χ1) is 4.66. The predicted molar refractivity (Wildman–Crippen MR) is 39.9 cm³/mol. The molecule has 0 heterocycles. The van der Waals surface area contributed by atoms with Crippen LogP contribution < -0.4 is 5.73 Å². The normalized spacial score (nSPS) is 15.5. The lowest BCUT2D eigenvalue weighted by atomic mass is 10.8. The van der Waals surface area contributed by atoms with Crippen LogP contribution in [0.25, 0.3) is 0 Å². The summed E-state index contributed by atoms with van der Waals surface area (Å²) >= 11 is 4.81. The second-order valence-electron chi connectivity index (χ2n) is 2.13. The lowest BCUT2D eigenvalue weighted by molar-refractivity contribution is -0.114. The molecule has 0 saturated heterocycles. The summed E-state index contributed by atoms with van der Waals surface area (Å²) in [6.07, 6.45) is 2.53. The third-order valence-corrected chi connectivity index (χ3v) is 0.989. The number of carbonyl (C=O) groups excluding carboxylic acids is 1. The van der Waals surface area contributed by atoms with Gasteiger partial charge in [0.1, 0.15) is 6.61 Å². The van der Waals surface area contributed by atoms with E-state index in [1.807, 2.05) is 0 Å². The second-order valence-corrected chi connectivity index (χ2v) is 2.55. The zero-order valence-electron chi connectivity index (χ0n) is 5.97. The van der Waals surface area contributed by atoms with E-state index >= 15 is 0 Å². The molecule has 0 amide bonds. The summed E-state index contributed by atoms with van der Waals surface area (Å²) in [5.41, 5.74) is 5.22. The van der Waals surface area contributed by atoms with E-state index in [0.717, 1.165) is 0 Å². The Kier molecular flexibility index (Phi) is 5.58. The molecular formula is C6H12ClNO2. The highest BCUT2D eigenvalue weighted by Gasteiger charge is 2.13. The van der Waals surface area contributed by atoms with Crippen molar-refractivity contribution in [1.29, 1.82) is 0 Å². The van der Waals surface area contributed by atoms with E-state index in [4.69, 9.17) is 17.3 Å². The molecule has 0 unspecified atom stereocenters. The molecule has 1 aliphatic rings. The van der Waals surface area contributed by atoms with Crippen molar-refractivity contribution in [2.75, 3.05) is 13.7 Å². The van der Waals surface area contributed by atoms with Crippen molar-refractivity contribution in [1.82, 2.24) is 0 Å². The Hall–Kier alpha value is -0.120. The van der Waals surface area contributed by atoms with Gasteiger partial charge in [0.15, 0.2) is 0 Å². The molecule has 1 saturated carbocycles. The molecule has 0 spiro atoms. The number of carbonyl (C=O) groups is 1. The lowest BCUT2D eigenvalue weighted by Crippen LogP contribution is -1.95. The first-order valence-electron chi connectivity index (χ1n) is 3.09. The summed E-state index contributed by atoms with van der Waals surface area (Å²) in [5.74, 6) is 0. The van der Waals surface area contributed by atoms with Crippen LogP contribution in [-0.4, -0.2) is 25.0 Å². The highest BCUT2D eigenvalue weighted by molar-refractivity contribution is 6.63. The van der Waals surface area contributed by atoms with E-state index in [9.17, 15) is 4.79 Å². The van der Waals surface area contributed by atoms with Crippen molar-refractivity contribution in [3.63, 3.8) is 0 Å². The number of hydrogen-bond donors (Lipinski definition) is 1. The molecule has 1 fully saturated rings. The largest absolute Gasteiger partial charge is 0.376 e. The highest BCUT2D eigenvalue weighted by Crippen LogP contribution is 2.13. The molecule has 2 N–H and O–H groups in total. The van der Waals surface area contributed by atoms with Crippen molar-refractivity contribution in [3.8, 4) is 0 Å². The molecule has 1 rings (SSSR count). The summed E-state index contributed by atoms with van der Waals surface area (Å²) in [4.78, 5) is 9.68. The van der Waals surface area contributed by atoms with E-state index in [2.05, 4.69) is 4.74 Å². The second kappa shape index (κ2) is 5.65. The highest BCUT2D eigenvalue weighted by atomic mass is 35.5. The molecule has 10 heavy (non-hydrogen) atoms. The van der Waals surface area contributed by atoms with Gasteiger partial charge < -0.3 is 10.5 Å². The molecule has 0 atom stereocenters. The van der Waals surface area contributed by atoms with Crippen LogP contribution in [0.5, 0.6) is 0 Å². The van der Waals surface area contributed by atoms with Gasteiger partial charge in [0.25, 0.3) is 0 Å². The Balaban J connectivity index is 0.000000172. The van der Waals surface area contributed by atoms with Gasteiger partial charge in [0.05, 0.1) is 0 Å². The Bertz CT molecular complexity index is 104. The van der Waals surface area contributed by atoms with Crippen molar-refractivity contribution in [2.45, 2.75) is 18.9 Å². The topological polar surface area (TPSA) is 52.3 Å². The molecule has 0 bridgehead atoms. The van der Waals surface area contributed by atoms with E-state index in [1.54, 1.807) is 0 Å². The van der Waals surface area contributed by atoms with Crippen molar-refractivity contribution in [2.24, 2.45) is 5.73 Å². The Morgan fingerprint density at radius 2 is 2.20 bits per heavy atom. The van der Waals surface area contributed by atoms with Crippen LogP contribution >= 0.6 is 11.6 Å². The average Bonchev–Trinajstić information content (AvgIpc) is 2.52. The van der Waals surface area contributed by atoms with Gasteiger partial charge >= 0.3 is 0 Å². The molecule has 1 aliphatic carbocycles. The average molecular weight is 166 g/mol. The summed E-state index contributed by atoms with van der Waals surface area (Å²) < 4.78 is 4.32.